The number of carbonyl (C=O) groups is 4. The summed E-state index contributed by atoms with van der Waals surface area (Å²) in [5, 5.41) is 5.53. The van der Waals surface area contributed by atoms with Crippen LogP contribution < -0.4 is 29.6 Å². The summed E-state index contributed by atoms with van der Waals surface area (Å²) < 4.78 is 51.6. The standard InChI is InChI=1S/C43H51N5O10S/c1-7-28-22-43(28,40(51)47-59(53,54)30-16-17-30)46-38(49)33-19-29-23-48(33)39(50)37(42(3,4)5)45-41(52)57-24-26-14-12-25(13-15-26)10-9-11-27-18-31-32(20-34(27)55-6)44-36(56-8-2)21-35(31)58-29/h7,9,11-15,18,20-21,28-30,33,37H,1,8,10,16-17,19,22-24H2,2-6H3,(H,45,52)(H,46,49)(H,47,51)/b11-9+/t28-,29+,33-,37+,43+/m0/s1. The minimum Gasteiger partial charge on any atom is -0.496 e. The number of hydrogen-bond donors (Lipinski definition) is 3. The summed E-state index contributed by atoms with van der Waals surface area (Å²) >= 11 is 0. The molecule has 15 nitrogen and oxygen atoms in total. The molecule has 5 aliphatic rings. The van der Waals surface area contributed by atoms with Crippen molar-refractivity contribution in [1.82, 2.24) is 25.2 Å². The van der Waals surface area contributed by atoms with Crippen LogP contribution >= 0.6 is 0 Å². The van der Waals surface area contributed by atoms with Gasteiger partial charge in [-0.1, -0.05) is 63.3 Å². The molecular weight excluding hydrogens is 779 g/mol. The molecule has 0 unspecified atom stereocenters. The van der Waals surface area contributed by atoms with Crippen molar-refractivity contribution in [2.24, 2.45) is 11.3 Å². The van der Waals surface area contributed by atoms with Gasteiger partial charge in [0.2, 0.25) is 27.7 Å². The van der Waals surface area contributed by atoms with Crippen molar-refractivity contribution in [2.75, 3.05) is 20.3 Å². The van der Waals surface area contributed by atoms with E-state index in [4.69, 9.17) is 23.9 Å². The van der Waals surface area contributed by atoms with Crippen LogP contribution in [-0.2, 0) is 42.2 Å². The molecule has 3 aliphatic heterocycles. The molecule has 8 rings (SSSR count). The molecule has 6 bridgehead atoms. The first kappa shape index (κ1) is 41.5. The molecule has 1 saturated heterocycles. The van der Waals surface area contributed by atoms with Crippen molar-refractivity contribution in [3.63, 3.8) is 0 Å². The van der Waals surface area contributed by atoms with E-state index < -0.39 is 74.1 Å². The van der Waals surface area contributed by atoms with Crippen LogP contribution in [0.2, 0.25) is 0 Å². The van der Waals surface area contributed by atoms with Gasteiger partial charge in [0, 0.05) is 35.4 Å². The van der Waals surface area contributed by atoms with E-state index in [1.54, 1.807) is 40.0 Å². The van der Waals surface area contributed by atoms with E-state index in [2.05, 4.69) is 21.9 Å². The van der Waals surface area contributed by atoms with E-state index in [1.807, 2.05) is 49.4 Å². The van der Waals surface area contributed by atoms with Gasteiger partial charge in [0.15, 0.2) is 0 Å². The van der Waals surface area contributed by atoms with Crippen molar-refractivity contribution >= 4 is 50.8 Å². The number of fused-ring (bicyclic) bond motifs is 8. The summed E-state index contributed by atoms with van der Waals surface area (Å²) in [4.78, 5) is 62.3. The van der Waals surface area contributed by atoms with Crippen molar-refractivity contribution in [3.05, 3.63) is 77.9 Å². The largest absolute Gasteiger partial charge is 0.496 e. The number of carbonyl (C=O) groups excluding carboxylic acids is 4. The van der Waals surface area contributed by atoms with Crippen LogP contribution in [0.15, 0.2) is 61.2 Å². The average Bonchev–Trinajstić information content (AvgIpc) is 4.12. The lowest BCUT2D eigenvalue weighted by atomic mass is 9.85. The van der Waals surface area contributed by atoms with E-state index in [9.17, 15) is 27.6 Å². The third-order valence-corrected chi connectivity index (χ3v) is 13.0. The van der Waals surface area contributed by atoms with Gasteiger partial charge in [-0.2, -0.15) is 0 Å². The second kappa shape index (κ2) is 16.2. The Bertz CT molecular complexity index is 2300. The fourth-order valence-corrected chi connectivity index (χ4v) is 9.00. The molecule has 0 spiro atoms. The molecule has 59 heavy (non-hydrogen) atoms. The molecule has 2 aliphatic carbocycles. The highest BCUT2D eigenvalue weighted by Crippen LogP contribution is 2.46. The number of hydrogen-bond acceptors (Lipinski definition) is 11. The maximum atomic E-state index is 14.8. The van der Waals surface area contributed by atoms with Crippen LogP contribution in [0, 0.1) is 11.3 Å². The molecular formula is C43H51N5O10S. The van der Waals surface area contributed by atoms with Gasteiger partial charge in [-0.05, 0) is 55.2 Å². The number of amides is 4. The summed E-state index contributed by atoms with van der Waals surface area (Å²) in [6, 6.07) is 10.6. The molecule has 3 aromatic rings. The van der Waals surface area contributed by atoms with Gasteiger partial charge in [0.05, 0.1) is 31.0 Å². The Morgan fingerprint density at radius 1 is 1.12 bits per heavy atom. The van der Waals surface area contributed by atoms with Crippen molar-refractivity contribution in [2.45, 2.75) is 95.4 Å². The third kappa shape index (κ3) is 8.87. The van der Waals surface area contributed by atoms with E-state index >= 15 is 0 Å². The fraction of sp³-hybridized carbons (Fsp3) is 0.465. The SMILES string of the molecule is C=C[C@H]1C[C@]1(NC(=O)[C@@H]1C[C@@H]2CN1C(=O)[C@H](C(C)(C)C)NC(=O)OCc1ccc(cc1)C/C=C/c1cc3c(cc(OCC)nc3cc1OC)O2)C(=O)NS(=O)(=O)C1CC1. The Labute approximate surface area is 343 Å². The number of methoxy groups -OCH3 is 1. The number of alkyl carbamates (subject to hydrolysis) is 1. The lowest BCUT2D eigenvalue weighted by molar-refractivity contribution is -0.142. The smallest absolute Gasteiger partial charge is 0.408 e. The van der Waals surface area contributed by atoms with Crippen LogP contribution in [0.3, 0.4) is 0 Å². The van der Waals surface area contributed by atoms with Crippen molar-refractivity contribution in [1.29, 1.82) is 0 Å². The zero-order valence-electron chi connectivity index (χ0n) is 33.9. The summed E-state index contributed by atoms with van der Waals surface area (Å²) in [7, 11) is -2.35. The molecule has 16 heteroatoms. The first-order valence-electron chi connectivity index (χ1n) is 19.9. The van der Waals surface area contributed by atoms with E-state index in [0.717, 1.165) is 16.7 Å². The first-order valence-corrected chi connectivity index (χ1v) is 21.4. The third-order valence-electron chi connectivity index (χ3n) is 11.2. The van der Waals surface area contributed by atoms with Gasteiger partial charge >= 0.3 is 6.09 Å². The summed E-state index contributed by atoms with van der Waals surface area (Å²) in [6.07, 6.45) is 5.47. The highest BCUT2D eigenvalue weighted by atomic mass is 32.2. The van der Waals surface area contributed by atoms with Gasteiger partial charge in [-0.25, -0.2) is 18.2 Å². The quantitative estimate of drug-likeness (QED) is 0.256. The van der Waals surface area contributed by atoms with Gasteiger partial charge < -0.3 is 34.5 Å². The monoisotopic (exact) mass is 829 g/mol. The zero-order valence-corrected chi connectivity index (χ0v) is 34.7. The number of ether oxygens (including phenoxy) is 4. The molecule has 2 aromatic carbocycles. The maximum absolute atomic E-state index is 14.8. The van der Waals surface area contributed by atoms with Crippen molar-refractivity contribution in [3.8, 4) is 17.4 Å². The molecule has 3 fully saturated rings. The topological polar surface area (TPSA) is 192 Å². The van der Waals surface area contributed by atoms with Gasteiger partial charge in [0.1, 0.15) is 41.8 Å². The number of nitrogens with zero attached hydrogens (tertiary/aromatic N) is 2. The molecule has 3 N–H and O–H groups in total. The van der Waals surface area contributed by atoms with E-state index in [1.165, 1.54) is 11.0 Å². The number of aromatic nitrogens is 1. The lowest BCUT2D eigenvalue weighted by Gasteiger charge is -2.35. The van der Waals surface area contributed by atoms with Crippen molar-refractivity contribution < 1.29 is 46.5 Å². The van der Waals surface area contributed by atoms with Crippen LogP contribution in [0.1, 0.15) is 70.1 Å². The molecule has 2 saturated carbocycles. The van der Waals surface area contributed by atoms with E-state index in [-0.39, 0.29) is 26.0 Å². The van der Waals surface area contributed by atoms with Crippen LogP contribution in [0.25, 0.3) is 17.0 Å². The summed E-state index contributed by atoms with van der Waals surface area (Å²) in [5.74, 6) is -1.41. The van der Waals surface area contributed by atoms with Gasteiger partial charge in [0.25, 0.3) is 5.91 Å². The number of allylic oxidation sites excluding steroid dienone is 1. The van der Waals surface area contributed by atoms with Crippen LogP contribution in [0.5, 0.6) is 17.4 Å². The maximum Gasteiger partial charge on any atom is 0.408 e. The normalized spacial score (nSPS) is 25.2. The Morgan fingerprint density at radius 2 is 1.85 bits per heavy atom. The number of rotatable bonds is 9. The molecule has 5 atom stereocenters. The Hall–Kier alpha value is -5.64. The molecule has 4 heterocycles. The first-order chi connectivity index (χ1) is 28.0. The number of pyridine rings is 1. The highest BCUT2D eigenvalue weighted by molar-refractivity contribution is 7.91. The Balaban J connectivity index is 1.28. The molecule has 314 valence electrons. The van der Waals surface area contributed by atoms with Crippen LogP contribution in [-0.4, -0.2) is 91.4 Å². The average molecular weight is 830 g/mol. The molecule has 4 amide bonds. The predicted octanol–water partition coefficient (Wildman–Crippen LogP) is 4.57. The molecule has 1 aromatic heterocycles. The molecule has 0 radical (unpaired) electrons. The lowest BCUT2D eigenvalue weighted by Crippen LogP contribution is -2.60. The van der Waals surface area contributed by atoms with E-state index in [0.29, 0.717) is 54.2 Å². The summed E-state index contributed by atoms with van der Waals surface area (Å²) in [6.45, 7) is 11.2. The Kier molecular flexibility index (Phi) is 11.4. The minimum absolute atomic E-state index is 0.0119. The fourth-order valence-electron chi connectivity index (χ4n) is 7.63. The second-order valence-corrected chi connectivity index (χ2v) is 18.6. The number of nitrogens with one attached hydrogen (secondary N) is 3. The van der Waals surface area contributed by atoms with Gasteiger partial charge in [-0.15, -0.1) is 6.58 Å². The van der Waals surface area contributed by atoms with Crippen LogP contribution in [0.4, 0.5) is 4.79 Å². The number of benzene rings is 2. The highest BCUT2D eigenvalue weighted by Gasteiger charge is 2.62. The number of sulfonamides is 1. The summed E-state index contributed by atoms with van der Waals surface area (Å²) in [5.41, 5.74) is 0.632. The minimum atomic E-state index is -3.93. The predicted molar refractivity (Wildman–Crippen MR) is 219 cm³/mol. The second-order valence-electron chi connectivity index (χ2n) is 16.6. The Morgan fingerprint density at radius 3 is 2.49 bits per heavy atom. The zero-order chi connectivity index (χ0) is 42.3. The van der Waals surface area contributed by atoms with Gasteiger partial charge in [-0.3, -0.25) is 19.1 Å².